The lowest BCUT2D eigenvalue weighted by Crippen LogP contribution is -2.17. The highest BCUT2D eigenvalue weighted by atomic mass is 15.1. The van der Waals surface area contributed by atoms with Crippen molar-refractivity contribution >= 4 is 0 Å². The summed E-state index contributed by atoms with van der Waals surface area (Å²) >= 11 is 0. The Kier molecular flexibility index (Phi) is 5.06. The van der Waals surface area contributed by atoms with Gasteiger partial charge in [-0.3, -0.25) is 4.90 Å². The summed E-state index contributed by atoms with van der Waals surface area (Å²) in [5.41, 5.74) is 3.08. The van der Waals surface area contributed by atoms with Crippen LogP contribution in [0.3, 0.4) is 0 Å². The van der Waals surface area contributed by atoms with E-state index in [2.05, 4.69) is 36.1 Å². The first-order valence-corrected chi connectivity index (χ1v) is 7.19. The van der Waals surface area contributed by atoms with E-state index in [1.807, 2.05) is 0 Å². The molecule has 0 saturated heterocycles. The van der Waals surface area contributed by atoms with Gasteiger partial charge in [0.05, 0.1) is 0 Å². The van der Waals surface area contributed by atoms with Gasteiger partial charge in [-0.05, 0) is 24.1 Å². The molecule has 0 spiro atoms. The molecule has 1 heteroatoms. The van der Waals surface area contributed by atoms with E-state index in [1.165, 1.54) is 58.2 Å². The van der Waals surface area contributed by atoms with Crippen LogP contribution in [0.15, 0.2) is 24.3 Å². The largest absolute Gasteiger partial charge is 0.295 e. The van der Waals surface area contributed by atoms with Gasteiger partial charge in [0.25, 0.3) is 0 Å². The number of hydrogen-bond acceptors (Lipinski definition) is 1. The lowest BCUT2D eigenvalue weighted by molar-refractivity contribution is 0.276. The Labute approximate surface area is 106 Å². The van der Waals surface area contributed by atoms with E-state index in [-0.39, 0.29) is 0 Å². The first kappa shape index (κ1) is 12.6. The van der Waals surface area contributed by atoms with Crippen molar-refractivity contribution in [3.8, 4) is 0 Å². The summed E-state index contributed by atoms with van der Waals surface area (Å²) in [6, 6.07) is 8.87. The molecule has 0 aromatic heterocycles. The van der Waals surface area contributed by atoms with E-state index < -0.39 is 0 Å². The third-order valence-electron chi connectivity index (χ3n) is 3.73. The molecule has 1 aromatic rings. The van der Waals surface area contributed by atoms with Crippen molar-refractivity contribution in [2.24, 2.45) is 0 Å². The topological polar surface area (TPSA) is 3.24 Å². The predicted octanol–water partition coefficient (Wildman–Crippen LogP) is 4.36. The molecule has 2 rings (SSSR count). The van der Waals surface area contributed by atoms with Gasteiger partial charge in [-0.25, -0.2) is 0 Å². The van der Waals surface area contributed by atoms with Gasteiger partial charge in [0.15, 0.2) is 0 Å². The molecule has 0 N–H and O–H groups in total. The Morgan fingerprint density at radius 3 is 2.12 bits per heavy atom. The highest BCUT2D eigenvalue weighted by Gasteiger charge is 2.16. The van der Waals surface area contributed by atoms with Crippen LogP contribution < -0.4 is 0 Å². The summed E-state index contributed by atoms with van der Waals surface area (Å²) in [5.74, 6) is 0. The summed E-state index contributed by atoms with van der Waals surface area (Å²) in [4.78, 5) is 2.59. The van der Waals surface area contributed by atoms with Crippen molar-refractivity contribution in [3.05, 3.63) is 35.4 Å². The van der Waals surface area contributed by atoms with Crippen molar-refractivity contribution in [3.63, 3.8) is 0 Å². The first-order chi connectivity index (χ1) is 8.40. The average molecular weight is 231 g/mol. The van der Waals surface area contributed by atoms with Crippen LogP contribution in [0.5, 0.6) is 0 Å². The summed E-state index contributed by atoms with van der Waals surface area (Å²) < 4.78 is 0. The number of hydrogen-bond donors (Lipinski definition) is 0. The zero-order valence-electron chi connectivity index (χ0n) is 11.1. The lowest BCUT2D eigenvalue weighted by Gasteiger charge is -2.14. The highest BCUT2D eigenvalue weighted by Crippen LogP contribution is 2.22. The van der Waals surface area contributed by atoms with Gasteiger partial charge < -0.3 is 0 Å². The summed E-state index contributed by atoms with van der Waals surface area (Å²) in [5, 5.41) is 0. The molecular weight excluding hydrogens is 206 g/mol. The summed E-state index contributed by atoms with van der Waals surface area (Å²) in [6.45, 7) is 5.90. The van der Waals surface area contributed by atoms with E-state index in [4.69, 9.17) is 0 Å². The zero-order valence-corrected chi connectivity index (χ0v) is 11.1. The Morgan fingerprint density at radius 1 is 0.882 bits per heavy atom. The van der Waals surface area contributed by atoms with E-state index >= 15 is 0 Å². The van der Waals surface area contributed by atoms with E-state index in [0.29, 0.717) is 0 Å². The van der Waals surface area contributed by atoms with Crippen molar-refractivity contribution < 1.29 is 0 Å². The van der Waals surface area contributed by atoms with Crippen LogP contribution in [0, 0.1) is 0 Å². The van der Waals surface area contributed by atoms with Crippen LogP contribution >= 0.6 is 0 Å². The Balaban J connectivity index is 1.60. The predicted molar refractivity (Wildman–Crippen MR) is 73.9 cm³/mol. The van der Waals surface area contributed by atoms with E-state index in [1.54, 1.807) is 11.1 Å². The van der Waals surface area contributed by atoms with E-state index in [0.717, 1.165) is 0 Å². The minimum Gasteiger partial charge on any atom is -0.295 e. The molecule has 0 atom stereocenters. The molecule has 0 aliphatic carbocycles. The quantitative estimate of drug-likeness (QED) is 0.630. The van der Waals surface area contributed by atoms with Crippen LogP contribution in [0.1, 0.15) is 56.6 Å². The SMILES string of the molecule is CCCCCCCCN1Cc2ccccc2C1. The molecule has 0 saturated carbocycles. The van der Waals surface area contributed by atoms with Gasteiger partial charge in [-0.15, -0.1) is 0 Å². The fourth-order valence-corrected chi connectivity index (χ4v) is 2.68. The van der Waals surface area contributed by atoms with Crippen molar-refractivity contribution in [1.29, 1.82) is 0 Å². The van der Waals surface area contributed by atoms with Crippen LogP contribution in [-0.4, -0.2) is 11.4 Å². The fourth-order valence-electron chi connectivity index (χ4n) is 2.68. The maximum absolute atomic E-state index is 2.59. The Bertz CT molecular complexity index is 307. The first-order valence-electron chi connectivity index (χ1n) is 7.19. The van der Waals surface area contributed by atoms with Gasteiger partial charge in [-0.2, -0.15) is 0 Å². The highest BCUT2D eigenvalue weighted by molar-refractivity contribution is 5.30. The Morgan fingerprint density at radius 2 is 1.47 bits per heavy atom. The van der Waals surface area contributed by atoms with Crippen LogP contribution in [0.2, 0.25) is 0 Å². The number of rotatable bonds is 7. The molecule has 0 fully saturated rings. The molecule has 1 aliphatic heterocycles. The monoisotopic (exact) mass is 231 g/mol. The van der Waals surface area contributed by atoms with Crippen molar-refractivity contribution in [2.45, 2.75) is 58.5 Å². The fraction of sp³-hybridized carbons (Fsp3) is 0.625. The zero-order chi connectivity index (χ0) is 11.9. The van der Waals surface area contributed by atoms with Crippen molar-refractivity contribution in [1.82, 2.24) is 4.90 Å². The second kappa shape index (κ2) is 6.80. The molecule has 1 heterocycles. The maximum Gasteiger partial charge on any atom is 0.0240 e. The van der Waals surface area contributed by atoms with Crippen LogP contribution in [0.25, 0.3) is 0 Å². The molecule has 0 unspecified atom stereocenters. The third kappa shape index (κ3) is 3.85. The lowest BCUT2D eigenvalue weighted by atomic mass is 10.1. The molecule has 0 radical (unpaired) electrons. The van der Waals surface area contributed by atoms with E-state index in [9.17, 15) is 0 Å². The van der Waals surface area contributed by atoms with Gasteiger partial charge in [0.1, 0.15) is 0 Å². The van der Waals surface area contributed by atoms with Gasteiger partial charge in [-0.1, -0.05) is 63.3 Å². The second-order valence-electron chi connectivity index (χ2n) is 5.25. The maximum atomic E-state index is 2.59. The molecule has 0 bridgehead atoms. The standard InChI is InChI=1S/C16H25N/c1-2-3-4-5-6-9-12-17-13-15-10-7-8-11-16(15)14-17/h7-8,10-11H,2-6,9,12-14H2,1H3. The molecule has 1 nitrogen and oxygen atoms in total. The molecule has 1 aromatic carbocycles. The van der Waals surface area contributed by atoms with Crippen LogP contribution in [0.4, 0.5) is 0 Å². The second-order valence-corrected chi connectivity index (χ2v) is 5.25. The average Bonchev–Trinajstić information content (AvgIpc) is 2.76. The normalized spacial score (nSPS) is 15.1. The van der Waals surface area contributed by atoms with Gasteiger partial charge in [0.2, 0.25) is 0 Å². The van der Waals surface area contributed by atoms with Gasteiger partial charge >= 0.3 is 0 Å². The number of nitrogens with zero attached hydrogens (tertiary/aromatic N) is 1. The molecular formula is C16H25N. The number of fused-ring (bicyclic) bond motifs is 1. The molecule has 1 aliphatic rings. The van der Waals surface area contributed by atoms with Gasteiger partial charge in [0, 0.05) is 13.1 Å². The molecule has 0 amide bonds. The summed E-state index contributed by atoms with van der Waals surface area (Å²) in [7, 11) is 0. The summed E-state index contributed by atoms with van der Waals surface area (Å²) in [6.07, 6.45) is 8.40. The molecule has 17 heavy (non-hydrogen) atoms. The number of unbranched alkanes of at least 4 members (excludes halogenated alkanes) is 5. The van der Waals surface area contributed by atoms with Crippen molar-refractivity contribution in [2.75, 3.05) is 6.54 Å². The Hall–Kier alpha value is -0.820. The third-order valence-corrected chi connectivity index (χ3v) is 3.73. The minimum atomic E-state index is 1.17. The van der Waals surface area contributed by atoms with Crippen LogP contribution in [-0.2, 0) is 13.1 Å². The smallest absolute Gasteiger partial charge is 0.0240 e. The number of benzene rings is 1. The minimum absolute atomic E-state index is 1.17. The molecule has 94 valence electrons.